The number of aliphatic hydroxyl groups excluding tert-OH is 1. The lowest BCUT2D eigenvalue weighted by atomic mass is 9.44. The van der Waals surface area contributed by atoms with Crippen molar-refractivity contribution in [2.45, 2.75) is 105 Å². The van der Waals surface area contributed by atoms with Crippen LogP contribution in [0.3, 0.4) is 0 Å². The van der Waals surface area contributed by atoms with E-state index in [1.165, 1.54) is 6.42 Å². The molecular weight excluding hydrogens is 426 g/mol. The molecule has 34 heavy (non-hydrogen) atoms. The van der Waals surface area contributed by atoms with Crippen molar-refractivity contribution < 1.29 is 19.4 Å². The molecule has 5 nitrogen and oxygen atoms in total. The molecule has 0 radical (unpaired) electrons. The van der Waals surface area contributed by atoms with E-state index >= 15 is 0 Å². The van der Waals surface area contributed by atoms with Gasteiger partial charge in [0.1, 0.15) is 6.10 Å². The molecule has 0 heterocycles. The monoisotopic (exact) mass is 473 g/mol. The van der Waals surface area contributed by atoms with E-state index in [2.05, 4.69) is 38.7 Å². The molecule has 8 atom stereocenters. The molecule has 1 unspecified atom stereocenters. The van der Waals surface area contributed by atoms with Crippen LogP contribution in [-0.4, -0.2) is 53.6 Å². The quantitative estimate of drug-likeness (QED) is 0.493. The first kappa shape index (κ1) is 25.9. The Labute approximate surface area is 206 Å². The molecule has 5 heteroatoms. The van der Waals surface area contributed by atoms with Crippen LogP contribution < -0.4 is 0 Å². The summed E-state index contributed by atoms with van der Waals surface area (Å²) in [6.45, 7) is 12.9. The van der Waals surface area contributed by atoms with Gasteiger partial charge in [-0.2, -0.15) is 0 Å². The Balaban J connectivity index is 1.55. The number of hydrogen-bond donors (Lipinski definition) is 1. The maximum absolute atomic E-state index is 13.1. The van der Waals surface area contributed by atoms with Gasteiger partial charge in [-0.1, -0.05) is 33.8 Å². The molecule has 192 valence electrons. The van der Waals surface area contributed by atoms with E-state index in [-0.39, 0.29) is 34.8 Å². The number of fused-ring (bicyclic) bond motifs is 5. The summed E-state index contributed by atoms with van der Waals surface area (Å²) in [5, 5.41) is 10.7. The lowest BCUT2D eigenvalue weighted by Crippen LogP contribution is -2.60. The second kappa shape index (κ2) is 10.0. The second-order valence-corrected chi connectivity index (χ2v) is 12.3. The number of ether oxygens (including phenoxy) is 1. The molecular formula is C29H47NO4. The Kier molecular flexibility index (Phi) is 7.65. The molecule has 3 fully saturated rings. The highest BCUT2D eigenvalue weighted by Crippen LogP contribution is 2.66. The summed E-state index contributed by atoms with van der Waals surface area (Å²) in [4.78, 5) is 27.7. The van der Waals surface area contributed by atoms with Gasteiger partial charge in [0.25, 0.3) is 0 Å². The summed E-state index contributed by atoms with van der Waals surface area (Å²) in [6, 6.07) is 0. The SMILES string of the molecule is CCCN(CCC)CC(=O)OC1C[C@H](O)C[C@@H]2CC[C@@H]3[C@H](CC[C@]4(C)C(C(C)=O)=CC[C@@H]34)[C@@]12C. The molecule has 4 rings (SSSR count). The maximum Gasteiger partial charge on any atom is 0.320 e. The van der Waals surface area contributed by atoms with Gasteiger partial charge in [-0.3, -0.25) is 14.5 Å². The molecule has 0 bridgehead atoms. The van der Waals surface area contributed by atoms with Gasteiger partial charge in [-0.25, -0.2) is 0 Å². The predicted octanol–water partition coefficient (Wildman–Crippen LogP) is 5.16. The molecule has 0 spiro atoms. The summed E-state index contributed by atoms with van der Waals surface area (Å²) in [5.74, 6) is 2.04. The van der Waals surface area contributed by atoms with Crippen LogP contribution in [0.25, 0.3) is 0 Å². The average molecular weight is 474 g/mol. The van der Waals surface area contributed by atoms with Crippen molar-refractivity contribution in [3.8, 4) is 0 Å². The molecule has 0 saturated heterocycles. The van der Waals surface area contributed by atoms with E-state index in [4.69, 9.17) is 4.74 Å². The summed E-state index contributed by atoms with van der Waals surface area (Å²) >= 11 is 0. The summed E-state index contributed by atoms with van der Waals surface area (Å²) in [7, 11) is 0. The Morgan fingerprint density at radius 3 is 2.44 bits per heavy atom. The van der Waals surface area contributed by atoms with E-state index in [0.717, 1.165) is 63.6 Å². The highest BCUT2D eigenvalue weighted by Gasteiger charge is 2.62. The molecule has 3 saturated carbocycles. The standard InChI is InChI=1S/C29H47NO4/c1-6-14-30(15-7-2)18-27(33)34-26-17-21(32)16-20-8-9-22-24-11-10-23(19(3)31)28(24,4)13-12-25(22)29(20,26)5/h10,20-22,24-26,32H,6-9,11-18H2,1-5H3/t20-,21+,22-,24-,25-,26?,28+,29-/m0/s1. The molecule has 0 aromatic carbocycles. The summed E-state index contributed by atoms with van der Waals surface area (Å²) in [5.41, 5.74) is 0.952. The van der Waals surface area contributed by atoms with Gasteiger partial charge >= 0.3 is 5.97 Å². The van der Waals surface area contributed by atoms with Gasteiger partial charge < -0.3 is 9.84 Å². The van der Waals surface area contributed by atoms with Crippen LogP contribution in [0.15, 0.2) is 11.6 Å². The fourth-order valence-electron chi connectivity index (χ4n) is 8.84. The first-order valence-corrected chi connectivity index (χ1v) is 14.0. The third kappa shape index (κ3) is 4.40. The first-order valence-electron chi connectivity index (χ1n) is 14.0. The first-order chi connectivity index (χ1) is 16.1. The van der Waals surface area contributed by atoms with Crippen molar-refractivity contribution in [1.82, 2.24) is 4.90 Å². The minimum absolute atomic E-state index is 0.00262. The number of rotatable bonds is 8. The van der Waals surface area contributed by atoms with Crippen molar-refractivity contribution in [2.75, 3.05) is 19.6 Å². The zero-order chi connectivity index (χ0) is 24.7. The van der Waals surface area contributed by atoms with Gasteiger partial charge in [0.15, 0.2) is 5.78 Å². The average Bonchev–Trinajstić information content (AvgIpc) is 3.12. The molecule has 4 aliphatic carbocycles. The minimum Gasteiger partial charge on any atom is -0.461 e. The summed E-state index contributed by atoms with van der Waals surface area (Å²) in [6.07, 6.45) is 10.4. The fraction of sp³-hybridized carbons (Fsp3) is 0.862. The van der Waals surface area contributed by atoms with Crippen molar-refractivity contribution in [2.24, 2.45) is 34.5 Å². The van der Waals surface area contributed by atoms with Gasteiger partial charge in [-0.15, -0.1) is 0 Å². The Morgan fingerprint density at radius 1 is 1.09 bits per heavy atom. The van der Waals surface area contributed by atoms with Gasteiger partial charge in [0.2, 0.25) is 0 Å². The van der Waals surface area contributed by atoms with Crippen molar-refractivity contribution >= 4 is 11.8 Å². The van der Waals surface area contributed by atoms with Crippen LogP contribution in [0.2, 0.25) is 0 Å². The number of hydrogen-bond acceptors (Lipinski definition) is 5. The largest absolute Gasteiger partial charge is 0.461 e. The fourth-order valence-corrected chi connectivity index (χ4v) is 8.84. The highest BCUT2D eigenvalue weighted by atomic mass is 16.5. The molecule has 0 amide bonds. The lowest BCUT2D eigenvalue weighted by Gasteiger charge is -2.62. The van der Waals surface area contributed by atoms with E-state index in [0.29, 0.717) is 36.6 Å². The third-order valence-corrected chi connectivity index (χ3v) is 10.4. The van der Waals surface area contributed by atoms with Gasteiger partial charge in [-0.05, 0) is 106 Å². The Morgan fingerprint density at radius 2 is 1.79 bits per heavy atom. The normalized spacial score (nSPS) is 41.3. The number of carbonyl (C=O) groups excluding carboxylic acids is 2. The highest BCUT2D eigenvalue weighted by molar-refractivity contribution is 5.95. The van der Waals surface area contributed by atoms with Crippen LogP contribution in [0, 0.1) is 34.5 Å². The number of ketones is 1. The predicted molar refractivity (Wildman–Crippen MR) is 134 cm³/mol. The van der Waals surface area contributed by atoms with Gasteiger partial charge in [0.05, 0.1) is 12.6 Å². The van der Waals surface area contributed by atoms with Crippen molar-refractivity contribution in [3.05, 3.63) is 11.6 Å². The number of aliphatic hydroxyl groups is 1. The molecule has 0 aromatic heterocycles. The number of nitrogens with zero attached hydrogens (tertiary/aromatic N) is 1. The van der Waals surface area contributed by atoms with Crippen LogP contribution in [0.1, 0.15) is 92.4 Å². The van der Waals surface area contributed by atoms with E-state index < -0.39 is 0 Å². The number of carbonyl (C=O) groups is 2. The minimum atomic E-state index is -0.388. The zero-order valence-corrected chi connectivity index (χ0v) is 22.1. The topological polar surface area (TPSA) is 66.8 Å². The molecule has 4 aliphatic rings. The Bertz CT molecular complexity index is 802. The molecule has 1 N–H and O–H groups in total. The van der Waals surface area contributed by atoms with Crippen LogP contribution in [0.5, 0.6) is 0 Å². The van der Waals surface area contributed by atoms with E-state index in [1.807, 2.05) is 0 Å². The molecule has 0 aromatic rings. The molecule has 0 aliphatic heterocycles. The maximum atomic E-state index is 13.1. The lowest BCUT2D eigenvalue weighted by molar-refractivity contribution is -0.201. The van der Waals surface area contributed by atoms with Crippen molar-refractivity contribution in [3.63, 3.8) is 0 Å². The third-order valence-electron chi connectivity index (χ3n) is 10.4. The van der Waals surface area contributed by atoms with Crippen molar-refractivity contribution in [1.29, 1.82) is 0 Å². The smallest absolute Gasteiger partial charge is 0.320 e. The second-order valence-electron chi connectivity index (χ2n) is 12.3. The van der Waals surface area contributed by atoms with E-state index in [1.54, 1.807) is 6.92 Å². The Hall–Kier alpha value is -1.20. The van der Waals surface area contributed by atoms with E-state index in [9.17, 15) is 14.7 Å². The van der Waals surface area contributed by atoms with Gasteiger partial charge in [0, 0.05) is 11.8 Å². The van der Waals surface area contributed by atoms with Crippen LogP contribution in [-0.2, 0) is 14.3 Å². The number of esters is 1. The number of allylic oxidation sites excluding steroid dienone is 2. The zero-order valence-electron chi connectivity index (χ0n) is 22.1. The van der Waals surface area contributed by atoms with Crippen LogP contribution in [0.4, 0.5) is 0 Å². The summed E-state index contributed by atoms with van der Waals surface area (Å²) < 4.78 is 6.29. The number of Topliss-reactive ketones (excluding diaryl/α,β-unsaturated/α-hetero) is 1. The van der Waals surface area contributed by atoms with Crippen LogP contribution >= 0.6 is 0 Å².